The molecule has 0 atom stereocenters. The first-order valence-corrected chi connectivity index (χ1v) is 13.3. The van der Waals surface area contributed by atoms with Crippen molar-refractivity contribution < 1.29 is 14.0 Å². The molecular weight excluding hydrogens is 520 g/mol. The highest BCUT2D eigenvalue weighted by Gasteiger charge is 2.19. The average Bonchev–Trinajstić information content (AvgIpc) is 3.49. The second kappa shape index (κ2) is 11.9. The van der Waals surface area contributed by atoms with E-state index in [4.69, 9.17) is 4.42 Å². The van der Waals surface area contributed by atoms with Crippen molar-refractivity contribution in [2.24, 2.45) is 0 Å². The number of anilines is 1. The van der Waals surface area contributed by atoms with Crippen molar-refractivity contribution in [3.05, 3.63) is 134 Å². The molecule has 0 unspecified atom stereocenters. The zero-order valence-electron chi connectivity index (χ0n) is 22.8. The maximum Gasteiger partial charge on any atom is 0.332 e. The van der Waals surface area contributed by atoms with Gasteiger partial charge >= 0.3 is 5.69 Å². The predicted octanol–water partition coefficient (Wildman–Crippen LogP) is 4.03. The Kier molecular flexibility index (Phi) is 7.96. The lowest BCUT2D eigenvalue weighted by Gasteiger charge is -2.16. The molecule has 208 valence electrons. The van der Waals surface area contributed by atoms with Crippen molar-refractivity contribution in [1.29, 1.82) is 0 Å². The monoisotopic (exact) mass is 550 g/mol. The van der Waals surface area contributed by atoms with E-state index in [2.05, 4.69) is 10.6 Å². The van der Waals surface area contributed by atoms with Gasteiger partial charge in [0.1, 0.15) is 12.3 Å². The highest BCUT2D eigenvalue weighted by molar-refractivity contribution is 5.98. The molecule has 2 N–H and O–H groups in total. The third-order valence-corrected chi connectivity index (χ3v) is 6.97. The van der Waals surface area contributed by atoms with Gasteiger partial charge in [0.15, 0.2) is 0 Å². The number of hydrogen-bond acceptors (Lipinski definition) is 5. The number of carbonyl (C=O) groups is 2. The fourth-order valence-corrected chi connectivity index (χ4v) is 4.81. The summed E-state index contributed by atoms with van der Waals surface area (Å²) in [6.07, 6.45) is 2.11. The summed E-state index contributed by atoms with van der Waals surface area (Å²) in [5.41, 5.74) is 2.77. The van der Waals surface area contributed by atoms with Crippen LogP contribution in [0.1, 0.15) is 32.8 Å². The van der Waals surface area contributed by atoms with Gasteiger partial charge in [-0.2, -0.15) is 0 Å². The van der Waals surface area contributed by atoms with Gasteiger partial charge in [-0.15, -0.1) is 0 Å². The lowest BCUT2D eigenvalue weighted by molar-refractivity contribution is -0.116. The Morgan fingerprint density at radius 2 is 1.61 bits per heavy atom. The maximum atomic E-state index is 13.7. The lowest BCUT2D eigenvalue weighted by atomic mass is 10.1. The van der Waals surface area contributed by atoms with Crippen molar-refractivity contribution in [2.45, 2.75) is 33.4 Å². The molecule has 9 nitrogen and oxygen atoms in total. The summed E-state index contributed by atoms with van der Waals surface area (Å²) in [4.78, 5) is 53.3. The van der Waals surface area contributed by atoms with E-state index in [9.17, 15) is 19.2 Å². The molecule has 2 aromatic heterocycles. The number of aryl methyl sites for hydroxylation is 2. The summed E-state index contributed by atoms with van der Waals surface area (Å²) in [6, 6.07) is 23.3. The molecule has 2 heterocycles. The normalized spacial score (nSPS) is 11.0. The number of aromatic nitrogens is 2. The Bertz CT molecular complexity index is 1820. The van der Waals surface area contributed by atoms with Crippen LogP contribution < -0.4 is 21.9 Å². The molecule has 0 spiro atoms. The van der Waals surface area contributed by atoms with Gasteiger partial charge in [-0.05, 0) is 67.3 Å². The molecule has 0 saturated heterocycles. The summed E-state index contributed by atoms with van der Waals surface area (Å²) < 4.78 is 7.63. The molecule has 0 saturated carbocycles. The number of carbonyl (C=O) groups excluding carboxylic acids is 2. The van der Waals surface area contributed by atoms with Crippen LogP contribution in [0.15, 0.2) is 99.1 Å². The fraction of sp³-hybridized carbons (Fsp3) is 0.188. The molecule has 0 radical (unpaired) electrons. The molecule has 3 aromatic carbocycles. The zero-order chi connectivity index (χ0) is 28.9. The van der Waals surface area contributed by atoms with Crippen LogP contribution in [0, 0.1) is 13.8 Å². The molecular formula is C32H30N4O5. The molecule has 5 rings (SSSR count). The van der Waals surface area contributed by atoms with Crippen LogP contribution in [0.25, 0.3) is 10.9 Å². The number of benzene rings is 3. The van der Waals surface area contributed by atoms with Gasteiger partial charge in [-0.1, -0.05) is 48.5 Å². The molecule has 2 amide bonds. The Morgan fingerprint density at radius 3 is 2.32 bits per heavy atom. The van der Waals surface area contributed by atoms with Crippen molar-refractivity contribution in [3.63, 3.8) is 0 Å². The van der Waals surface area contributed by atoms with Crippen molar-refractivity contribution >= 4 is 28.4 Å². The van der Waals surface area contributed by atoms with E-state index in [0.717, 1.165) is 21.3 Å². The number of fused-ring (bicyclic) bond motifs is 1. The van der Waals surface area contributed by atoms with E-state index >= 15 is 0 Å². The van der Waals surface area contributed by atoms with Crippen LogP contribution in [-0.2, 0) is 24.3 Å². The number of rotatable bonds is 9. The van der Waals surface area contributed by atoms with Gasteiger partial charge in [0, 0.05) is 17.8 Å². The third kappa shape index (κ3) is 6.04. The topological polar surface area (TPSA) is 115 Å². The molecule has 0 aliphatic carbocycles. The molecule has 0 bridgehead atoms. The first kappa shape index (κ1) is 27.4. The van der Waals surface area contributed by atoms with Gasteiger partial charge in [0.05, 0.1) is 23.7 Å². The standard InChI is InChI=1S/C32H30N4O5/c1-21-8-6-9-22(2)29(21)34-28(37)20-35-27-18-24(30(38)33-16-15-23-10-4-3-5-11-23)13-14-26(27)31(39)36(32(35)40)19-25-12-7-17-41-25/h3-14,17-18H,15-16,19-20H2,1-2H3,(H,33,38)(H,34,37). The van der Waals surface area contributed by atoms with E-state index in [1.807, 2.05) is 62.4 Å². The second-order valence-corrected chi connectivity index (χ2v) is 9.88. The Morgan fingerprint density at radius 1 is 0.854 bits per heavy atom. The third-order valence-electron chi connectivity index (χ3n) is 6.97. The zero-order valence-corrected chi connectivity index (χ0v) is 22.8. The number of amides is 2. The maximum absolute atomic E-state index is 13.7. The number of nitrogens with zero attached hydrogens (tertiary/aromatic N) is 2. The summed E-state index contributed by atoms with van der Waals surface area (Å²) in [5.74, 6) is -0.363. The van der Waals surface area contributed by atoms with Crippen molar-refractivity contribution in [3.8, 4) is 0 Å². The van der Waals surface area contributed by atoms with Gasteiger partial charge in [0.2, 0.25) is 5.91 Å². The average molecular weight is 551 g/mol. The summed E-state index contributed by atoms with van der Waals surface area (Å²) in [5, 5.41) is 5.99. The van der Waals surface area contributed by atoms with Gasteiger partial charge in [-0.25, -0.2) is 4.79 Å². The smallest absolute Gasteiger partial charge is 0.332 e. The minimum atomic E-state index is -0.683. The summed E-state index contributed by atoms with van der Waals surface area (Å²) >= 11 is 0. The minimum absolute atomic E-state index is 0.0964. The van der Waals surface area contributed by atoms with E-state index in [0.29, 0.717) is 24.4 Å². The summed E-state index contributed by atoms with van der Waals surface area (Å²) in [6.45, 7) is 3.73. The Hall–Kier alpha value is -5.18. The van der Waals surface area contributed by atoms with Gasteiger partial charge in [0.25, 0.3) is 11.5 Å². The van der Waals surface area contributed by atoms with E-state index in [-0.39, 0.29) is 35.5 Å². The SMILES string of the molecule is Cc1cccc(C)c1NC(=O)Cn1c(=O)n(Cc2ccco2)c(=O)c2ccc(C(=O)NCCc3ccccc3)cc21. The lowest BCUT2D eigenvalue weighted by Crippen LogP contribution is -2.42. The molecule has 9 heteroatoms. The van der Waals surface area contributed by atoms with Crippen LogP contribution >= 0.6 is 0 Å². The minimum Gasteiger partial charge on any atom is -0.467 e. The summed E-state index contributed by atoms with van der Waals surface area (Å²) in [7, 11) is 0. The molecule has 0 fully saturated rings. The van der Waals surface area contributed by atoms with Gasteiger partial charge in [-0.3, -0.25) is 23.5 Å². The Labute approximate surface area is 236 Å². The first-order chi connectivity index (χ1) is 19.8. The number of furan rings is 1. The fourth-order valence-electron chi connectivity index (χ4n) is 4.81. The van der Waals surface area contributed by atoms with Crippen LogP contribution in [0.2, 0.25) is 0 Å². The second-order valence-electron chi connectivity index (χ2n) is 9.88. The number of para-hydroxylation sites is 1. The highest BCUT2D eigenvalue weighted by atomic mass is 16.3. The highest BCUT2D eigenvalue weighted by Crippen LogP contribution is 2.20. The van der Waals surface area contributed by atoms with E-state index in [1.54, 1.807) is 18.2 Å². The van der Waals surface area contributed by atoms with Crippen LogP contribution in [0.4, 0.5) is 5.69 Å². The Balaban J connectivity index is 1.50. The van der Waals surface area contributed by atoms with Gasteiger partial charge < -0.3 is 15.1 Å². The largest absolute Gasteiger partial charge is 0.467 e. The van der Waals surface area contributed by atoms with Crippen LogP contribution in [0.3, 0.4) is 0 Å². The van der Waals surface area contributed by atoms with Crippen LogP contribution in [0.5, 0.6) is 0 Å². The van der Waals surface area contributed by atoms with Crippen LogP contribution in [-0.4, -0.2) is 27.5 Å². The van der Waals surface area contributed by atoms with E-state index in [1.165, 1.54) is 23.0 Å². The molecule has 0 aliphatic rings. The van der Waals surface area contributed by atoms with Crippen molar-refractivity contribution in [2.75, 3.05) is 11.9 Å². The molecule has 41 heavy (non-hydrogen) atoms. The molecule has 5 aromatic rings. The number of hydrogen-bond donors (Lipinski definition) is 2. The quantitative estimate of drug-likeness (QED) is 0.288. The molecule has 0 aliphatic heterocycles. The van der Waals surface area contributed by atoms with E-state index < -0.39 is 17.2 Å². The first-order valence-electron chi connectivity index (χ1n) is 13.3. The van der Waals surface area contributed by atoms with Crippen molar-refractivity contribution in [1.82, 2.24) is 14.5 Å². The number of nitrogens with one attached hydrogen (secondary N) is 2. The predicted molar refractivity (Wildman–Crippen MR) is 157 cm³/mol.